The highest BCUT2D eigenvalue weighted by Gasteiger charge is 2.14. The lowest BCUT2D eigenvalue weighted by molar-refractivity contribution is -0.137. The number of benzene rings is 2. The lowest BCUT2D eigenvalue weighted by atomic mass is 10.2. The molecule has 0 radical (unpaired) electrons. The van der Waals surface area contributed by atoms with Crippen molar-refractivity contribution in [2.75, 3.05) is 0 Å². The average Bonchev–Trinajstić information content (AvgIpc) is 2.50. The molecule has 0 amide bonds. The summed E-state index contributed by atoms with van der Waals surface area (Å²) in [4.78, 5) is 28.1. The molecule has 0 unspecified atom stereocenters. The van der Waals surface area contributed by atoms with Crippen LogP contribution in [-0.4, -0.2) is 20.6 Å². The van der Waals surface area contributed by atoms with Crippen LogP contribution in [0.5, 0.6) is 0 Å². The van der Waals surface area contributed by atoms with Crippen molar-refractivity contribution < 1.29 is 9.90 Å². The van der Waals surface area contributed by atoms with E-state index >= 15 is 0 Å². The number of rotatable bonds is 3. The highest BCUT2D eigenvalue weighted by atomic mass is 35.5. The summed E-state index contributed by atoms with van der Waals surface area (Å²) in [6.07, 6.45) is 0. The minimum absolute atomic E-state index is 0.308. The van der Waals surface area contributed by atoms with Gasteiger partial charge in [0, 0.05) is 10.6 Å². The predicted octanol–water partition coefficient (Wildman–Crippen LogP) is 2.80. The minimum Gasteiger partial charge on any atom is -0.480 e. The molecule has 3 aromatic rings. The first-order valence-corrected chi connectivity index (χ1v) is 6.91. The van der Waals surface area contributed by atoms with Crippen LogP contribution in [0.4, 0.5) is 0 Å². The van der Waals surface area contributed by atoms with Gasteiger partial charge in [0.15, 0.2) is 0 Å². The van der Waals surface area contributed by atoms with E-state index in [1.54, 1.807) is 48.5 Å². The molecule has 1 aromatic heterocycles. The number of hydrogen-bond acceptors (Lipinski definition) is 3. The van der Waals surface area contributed by atoms with E-state index in [-0.39, 0.29) is 5.56 Å². The molecule has 1 N–H and O–H groups in total. The maximum Gasteiger partial charge on any atom is 0.323 e. The molecule has 0 aliphatic rings. The molecule has 0 aliphatic carbocycles. The number of para-hydroxylation sites is 1. The Kier molecular flexibility index (Phi) is 3.65. The van der Waals surface area contributed by atoms with Crippen LogP contribution in [0, 0.1) is 0 Å². The zero-order chi connectivity index (χ0) is 15.7. The first-order chi connectivity index (χ1) is 10.6. The zero-order valence-corrected chi connectivity index (χ0v) is 12.1. The Morgan fingerprint density at radius 2 is 1.82 bits per heavy atom. The van der Waals surface area contributed by atoms with Crippen molar-refractivity contribution in [1.82, 2.24) is 9.55 Å². The second-order valence-corrected chi connectivity index (χ2v) is 5.18. The average molecular weight is 315 g/mol. The van der Waals surface area contributed by atoms with Crippen LogP contribution < -0.4 is 5.56 Å². The number of nitrogens with zero attached hydrogens (tertiary/aromatic N) is 2. The van der Waals surface area contributed by atoms with Gasteiger partial charge >= 0.3 is 5.97 Å². The minimum atomic E-state index is -1.10. The molecule has 3 rings (SSSR count). The Morgan fingerprint density at radius 3 is 2.50 bits per heavy atom. The maximum absolute atomic E-state index is 12.6. The van der Waals surface area contributed by atoms with Crippen LogP contribution in [0.3, 0.4) is 0 Å². The van der Waals surface area contributed by atoms with Crippen LogP contribution in [-0.2, 0) is 11.3 Å². The smallest absolute Gasteiger partial charge is 0.323 e. The monoisotopic (exact) mass is 314 g/mol. The molecule has 0 saturated carbocycles. The highest BCUT2D eigenvalue weighted by molar-refractivity contribution is 6.30. The first kappa shape index (κ1) is 14.3. The Hall–Kier alpha value is -2.66. The summed E-state index contributed by atoms with van der Waals surface area (Å²) in [6, 6.07) is 13.6. The van der Waals surface area contributed by atoms with Gasteiger partial charge in [0.1, 0.15) is 12.4 Å². The fourth-order valence-corrected chi connectivity index (χ4v) is 2.40. The summed E-state index contributed by atoms with van der Waals surface area (Å²) in [5, 5.41) is 10.0. The van der Waals surface area contributed by atoms with E-state index in [0.717, 1.165) is 4.57 Å². The normalized spacial score (nSPS) is 10.8. The van der Waals surface area contributed by atoms with Gasteiger partial charge in [-0.15, -0.1) is 0 Å². The van der Waals surface area contributed by atoms with Gasteiger partial charge in [-0.05, 0) is 36.4 Å². The summed E-state index contributed by atoms with van der Waals surface area (Å²) in [5.41, 5.74) is 0.783. The Labute approximate surface area is 130 Å². The van der Waals surface area contributed by atoms with Gasteiger partial charge in [-0.3, -0.25) is 14.2 Å². The van der Waals surface area contributed by atoms with Crippen LogP contribution >= 0.6 is 11.6 Å². The fourth-order valence-electron chi connectivity index (χ4n) is 2.27. The molecule has 0 aliphatic heterocycles. The summed E-state index contributed by atoms with van der Waals surface area (Å²) in [6.45, 7) is -0.450. The molecule has 1 heterocycles. The van der Waals surface area contributed by atoms with Crippen molar-refractivity contribution >= 4 is 28.5 Å². The third kappa shape index (κ3) is 2.58. The molecule has 0 fully saturated rings. The van der Waals surface area contributed by atoms with Crippen LogP contribution in [0.25, 0.3) is 22.3 Å². The topological polar surface area (TPSA) is 72.2 Å². The molecule has 5 nitrogen and oxygen atoms in total. The fraction of sp³-hybridized carbons (Fsp3) is 0.0625. The quantitative estimate of drug-likeness (QED) is 0.807. The summed E-state index contributed by atoms with van der Waals surface area (Å²) >= 11 is 5.87. The van der Waals surface area contributed by atoms with Crippen LogP contribution in [0.15, 0.2) is 53.3 Å². The summed E-state index contributed by atoms with van der Waals surface area (Å²) < 4.78 is 1.16. The van der Waals surface area contributed by atoms with Gasteiger partial charge in [-0.25, -0.2) is 4.98 Å². The van der Waals surface area contributed by atoms with Crippen molar-refractivity contribution in [3.8, 4) is 11.4 Å². The number of fused-ring (bicyclic) bond motifs is 1. The number of halogens is 1. The van der Waals surface area contributed by atoms with Crippen LogP contribution in [0.2, 0.25) is 5.02 Å². The van der Waals surface area contributed by atoms with E-state index in [4.69, 9.17) is 16.7 Å². The second kappa shape index (κ2) is 5.61. The lowest BCUT2D eigenvalue weighted by Crippen LogP contribution is -2.26. The SMILES string of the molecule is O=C(O)Cn1c(-c2ccc(Cl)cc2)nc2ccccc2c1=O. The van der Waals surface area contributed by atoms with Gasteiger partial charge in [0.2, 0.25) is 0 Å². The molecule has 110 valence electrons. The van der Waals surface area contributed by atoms with Crippen molar-refractivity contribution in [1.29, 1.82) is 0 Å². The highest BCUT2D eigenvalue weighted by Crippen LogP contribution is 2.21. The Balaban J connectivity index is 2.33. The Bertz CT molecular complexity index is 917. The van der Waals surface area contributed by atoms with Gasteiger partial charge in [0.05, 0.1) is 10.9 Å². The van der Waals surface area contributed by atoms with Gasteiger partial charge in [0.25, 0.3) is 5.56 Å². The van der Waals surface area contributed by atoms with E-state index in [1.807, 2.05) is 0 Å². The van der Waals surface area contributed by atoms with Gasteiger partial charge in [-0.2, -0.15) is 0 Å². The van der Waals surface area contributed by atoms with E-state index in [9.17, 15) is 9.59 Å². The lowest BCUT2D eigenvalue weighted by Gasteiger charge is -2.12. The molecular formula is C16H11ClN2O3. The zero-order valence-electron chi connectivity index (χ0n) is 11.4. The summed E-state index contributed by atoms with van der Waals surface area (Å²) in [7, 11) is 0. The van der Waals surface area contributed by atoms with Crippen molar-refractivity contribution in [3.05, 3.63) is 63.9 Å². The third-order valence-corrected chi connectivity index (χ3v) is 3.51. The largest absolute Gasteiger partial charge is 0.480 e. The first-order valence-electron chi connectivity index (χ1n) is 6.53. The van der Waals surface area contributed by atoms with Gasteiger partial charge in [-0.1, -0.05) is 23.7 Å². The molecule has 2 aromatic carbocycles. The molecule has 6 heteroatoms. The molecule has 22 heavy (non-hydrogen) atoms. The molecular weight excluding hydrogens is 304 g/mol. The number of carboxylic acid groups (broad SMARTS) is 1. The second-order valence-electron chi connectivity index (χ2n) is 4.74. The van der Waals surface area contributed by atoms with Gasteiger partial charge < -0.3 is 5.11 Å². The number of hydrogen-bond donors (Lipinski definition) is 1. The van der Waals surface area contributed by atoms with E-state index < -0.39 is 12.5 Å². The molecule has 0 spiro atoms. The number of carboxylic acids is 1. The van der Waals surface area contributed by atoms with Crippen molar-refractivity contribution in [3.63, 3.8) is 0 Å². The molecule has 0 bridgehead atoms. The van der Waals surface area contributed by atoms with Crippen LogP contribution in [0.1, 0.15) is 0 Å². The van der Waals surface area contributed by atoms with E-state index in [0.29, 0.717) is 27.3 Å². The number of aliphatic carboxylic acids is 1. The molecule has 0 atom stereocenters. The van der Waals surface area contributed by atoms with Crippen molar-refractivity contribution in [2.24, 2.45) is 0 Å². The number of carbonyl (C=O) groups is 1. The number of aromatic nitrogens is 2. The summed E-state index contributed by atoms with van der Waals surface area (Å²) in [5.74, 6) is -0.794. The predicted molar refractivity (Wildman–Crippen MR) is 84.1 cm³/mol. The maximum atomic E-state index is 12.6. The Morgan fingerprint density at radius 1 is 1.14 bits per heavy atom. The van der Waals surface area contributed by atoms with E-state index in [2.05, 4.69) is 4.98 Å². The molecule has 0 saturated heterocycles. The van der Waals surface area contributed by atoms with E-state index in [1.165, 1.54) is 0 Å². The van der Waals surface area contributed by atoms with Crippen molar-refractivity contribution in [2.45, 2.75) is 6.54 Å². The standard InChI is InChI=1S/C16H11ClN2O3/c17-11-7-5-10(6-8-11)15-18-13-4-2-1-3-12(13)16(22)19(15)9-14(20)21/h1-8H,9H2,(H,20,21). The third-order valence-electron chi connectivity index (χ3n) is 3.26.